The molecule has 1 amide bonds. The van der Waals surface area contributed by atoms with Crippen molar-refractivity contribution in [2.45, 2.75) is 6.92 Å². The molecule has 0 aromatic heterocycles. The molecule has 122 valence electrons. The monoisotopic (exact) mass is 335 g/mol. The van der Waals surface area contributed by atoms with Crippen LogP contribution < -0.4 is 14.8 Å². The molecule has 2 rings (SSSR count). The molecule has 5 nitrogen and oxygen atoms in total. The van der Waals surface area contributed by atoms with Gasteiger partial charge < -0.3 is 14.2 Å². The molecule has 2 aromatic carbocycles. The van der Waals surface area contributed by atoms with E-state index in [1.54, 1.807) is 31.4 Å². The van der Waals surface area contributed by atoms with Crippen LogP contribution in [-0.2, 0) is 4.74 Å². The highest BCUT2D eigenvalue weighted by molar-refractivity contribution is 6.32. The summed E-state index contributed by atoms with van der Waals surface area (Å²) in [5, 5.41) is 3.16. The van der Waals surface area contributed by atoms with Gasteiger partial charge in [0, 0.05) is 0 Å². The fourth-order valence-corrected chi connectivity index (χ4v) is 2.10. The van der Waals surface area contributed by atoms with E-state index in [1.807, 2.05) is 25.1 Å². The maximum Gasteiger partial charge on any atom is 0.411 e. The molecule has 0 bridgehead atoms. The second kappa shape index (κ2) is 8.29. The van der Waals surface area contributed by atoms with Crippen molar-refractivity contribution in [3.8, 4) is 11.5 Å². The van der Waals surface area contributed by atoms with Crippen LogP contribution in [0.2, 0.25) is 5.02 Å². The highest BCUT2D eigenvalue weighted by Crippen LogP contribution is 2.25. The minimum Gasteiger partial charge on any atom is -0.495 e. The number of halogens is 1. The summed E-state index contributed by atoms with van der Waals surface area (Å²) in [4.78, 5) is 11.8. The van der Waals surface area contributed by atoms with Crippen LogP contribution in [-0.4, -0.2) is 26.4 Å². The van der Waals surface area contributed by atoms with Gasteiger partial charge in [0.1, 0.15) is 24.7 Å². The van der Waals surface area contributed by atoms with Crippen molar-refractivity contribution < 1.29 is 19.0 Å². The van der Waals surface area contributed by atoms with Crippen LogP contribution in [0.15, 0.2) is 42.5 Å². The lowest BCUT2D eigenvalue weighted by Crippen LogP contribution is -2.18. The second-order valence-corrected chi connectivity index (χ2v) is 5.15. The number of rotatable bonds is 6. The number of ether oxygens (including phenoxy) is 3. The van der Waals surface area contributed by atoms with Crippen LogP contribution in [0.3, 0.4) is 0 Å². The maximum atomic E-state index is 11.8. The fourth-order valence-electron chi connectivity index (χ4n) is 1.91. The molecule has 0 aliphatic rings. The van der Waals surface area contributed by atoms with Gasteiger partial charge in [-0.1, -0.05) is 29.8 Å². The largest absolute Gasteiger partial charge is 0.495 e. The molecule has 23 heavy (non-hydrogen) atoms. The minimum absolute atomic E-state index is 0.102. The van der Waals surface area contributed by atoms with Gasteiger partial charge in [0.2, 0.25) is 0 Å². The van der Waals surface area contributed by atoms with Gasteiger partial charge in [-0.05, 0) is 36.8 Å². The van der Waals surface area contributed by atoms with E-state index < -0.39 is 6.09 Å². The van der Waals surface area contributed by atoms with E-state index in [1.165, 1.54) is 0 Å². The zero-order chi connectivity index (χ0) is 16.7. The maximum absolute atomic E-state index is 11.8. The van der Waals surface area contributed by atoms with E-state index in [-0.39, 0.29) is 13.2 Å². The molecule has 2 aromatic rings. The number of methoxy groups -OCH3 is 1. The number of carbonyl (C=O) groups excluding carboxylic acids is 1. The Bertz CT molecular complexity index is 675. The average molecular weight is 336 g/mol. The number of amides is 1. The van der Waals surface area contributed by atoms with Gasteiger partial charge in [0.15, 0.2) is 0 Å². The summed E-state index contributed by atoms with van der Waals surface area (Å²) in [7, 11) is 1.54. The topological polar surface area (TPSA) is 56.8 Å². The third kappa shape index (κ3) is 5.07. The zero-order valence-electron chi connectivity index (χ0n) is 13.0. The SMILES string of the molecule is COc1ccc(C)cc1NC(=O)OCCOc1ccccc1Cl. The Morgan fingerprint density at radius 3 is 2.65 bits per heavy atom. The molecule has 0 unspecified atom stereocenters. The van der Waals surface area contributed by atoms with Crippen molar-refractivity contribution >= 4 is 23.4 Å². The van der Waals surface area contributed by atoms with Gasteiger partial charge >= 0.3 is 6.09 Å². The smallest absolute Gasteiger partial charge is 0.411 e. The quantitative estimate of drug-likeness (QED) is 0.800. The summed E-state index contributed by atoms with van der Waals surface area (Å²) >= 11 is 5.96. The molecule has 0 aliphatic carbocycles. The Morgan fingerprint density at radius 1 is 1.13 bits per heavy atom. The lowest BCUT2D eigenvalue weighted by Gasteiger charge is -2.12. The summed E-state index contributed by atoms with van der Waals surface area (Å²) < 4.78 is 15.7. The predicted molar refractivity (Wildman–Crippen MR) is 89.6 cm³/mol. The van der Waals surface area contributed by atoms with Crippen molar-refractivity contribution in [3.63, 3.8) is 0 Å². The third-order valence-corrected chi connectivity index (χ3v) is 3.31. The third-order valence-electron chi connectivity index (χ3n) is 3.00. The standard InChI is InChI=1S/C17H18ClNO4/c1-12-7-8-16(21-2)14(11-12)19-17(20)23-10-9-22-15-6-4-3-5-13(15)18/h3-8,11H,9-10H2,1-2H3,(H,19,20). The minimum atomic E-state index is -0.573. The normalized spacial score (nSPS) is 10.0. The lowest BCUT2D eigenvalue weighted by atomic mass is 10.2. The summed E-state index contributed by atoms with van der Waals surface area (Å²) in [6.07, 6.45) is -0.573. The van der Waals surface area contributed by atoms with Gasteiger partial charge in [-0.25, -0.2) is 4.79 Å². The van der Waals surface area contributed by atoms with Gasteiger partial charge in [0.25, 0.3) is 0 Å². The van der Waals surface area contributed by atoms with Gasteiger partial charge in [-0.3, -0.25) is 5.32 Å². The van der Waals surface area contributed by atoms with Crippen molar-refractivity contribution in [1.29, 1.82) is 0 Å². The molecular weight excluding hydrogens is 318 g/mol. The molecule has 0 saturated carbocycles. The Morgan fingerprint density at radius 2 is 1.91 bits per heavy atom. The first-order valence-electron chi connectivity index (χ1n) is 7.06. The molecule has 0 saturated heterocycles. The summed E-state index contributed by atoms with van der Waals surface area (Å²) in [6.45, 7) is 2.24. The van der Waals surface area contributed by atoms with Crippen LogP contribution in [0, 0.1) is 6.92 Å². The van der Waals surface area contributed by atoms with E-state index in [2.05, 4.69) is 5.32 Å². The lowest BCUT2D eigenvalue weighted by molar-refractivity contribution is 0.138. The Labute approximate surface area is 140 Å². The fraction of sp³-hybridized carbons (Fsp3) is 0.235. The second-order valence-electron chi connectivity index (χ2n) is 4.74. The Hall–Kier alpha value is -2.40. The summed E-state index contributed by atoms with van der Waals surface area (Å²) in [5.41, 5.74) is 1.56. The van der Waals surface area contributed by atoms with E-state index in [4.69, 9.17) is 25.8 Å². The number of hydrogen-bond acceptors (Lipinski definition) is 4. The van der Waals surface area contributed by atoms with Crippen molar-refractivity contribution in [2.75, 3.05) is 25.6 Å². The first-order valence-corrected chi connectivity index (χ1v) is 7.43. The molecule has 0 atom stereocenters. The van der Waals surface area contributed by atoms with Crippen LogP contribution in [0.1, 0.15) is 5.56 Å². The van der Waals surface area contributed by atoms with Crippen LogP contribution >= 0.6 is 11.6 Å². The zero-order valence-corrected chi connectivity index (χ0v) is 13.7. The van der Waals surface area contributed by atoms with E-state index >= 15 is 0 Å². The summed E-state index contributed by atoms with van der Waals surface area (Å²) in [5.74, 6) is 1.12. The van der Waals surface area contributed by atoms with E-state index in [0.717, 1.165) is 5.56 Å². The van der Waals surface area contributed by atoms with Gasteiger partial charge in [0.05, 0.1) is 17.8 Å². The average Bonchev–Trinajstić information content (AvgIpc) is 2.53. The number of para-hydroxylation sites is 1. The van der Waals surface area contributed by atoms with Crippen molar-refractivity contribution in [3.05, 3.63) is 53.1 Å². The van der Waals surface area contributed by atoms with Crippen LogP contribution in [0.5, 0.6) is 11.5 Å². The van der Waals surface area contributed by atoms with E-state index in [0.29, 0.717) is 22.2 Å². The molecule has 1 N–H and O–H groups in total. The van der Waals surface area contributed by atoms with Crippen molar-refractivity contribution in [1.82, 2.24) is 0 Å². The van der Waals surface area contributed by atoms with Gasteiger partial charge in [-0.2, -0.15) is 0 Å². The van der Waals surface area contributed by atoms with E-state index in [9.17, 15) is 4.79 Å². The molecule has 0 aliphatic heterocycles. The Balaban J connectivity index is 1.80. The number of aryl methyl sites for hydroxylation is 1. The first-order chi connectivity index (χ1) is 11.1. The molecule has 0 spiro atoms. The highest BCUT2D eigenvalue weighted by atomic mass is 35.5. The van der Waals surface area contributed by atoms with Crippen LogP contribution in [0.25, 0.3) is 0 Å². The van der Waals surface area contributed by atoms with Crippen molar-refractivity contribution in [2.24, 2.45) is 0 Å². The molecule has 0 radical (unpaired) electrons. The number of nitrogens with one attached hydrogen (secondary N) is 1. The number of hydrogen-bond donors (Lipinski definition) is 1. The molecular formula is C17H18ClNO4. The highest BCUT2D eigenvalue weighted by Gasteiger charge is 2.09. The predicted octanol–water partition coefficient (Wildman–Crippen LogP) is 4.28. The van der Waals surface area contributed by atoms with Crippen LogP contribution in [0.4, 0.5) is 10.5 Å². The number of anilines is 1. The molecule has 0 fully saturated rings. The molecule has 6 heteroatoms. The first kappa shape index (κ1) is 17.0. The summed E-state index contributed by atoms with van der Waals surface area (Å²) in [6, 6.07) is 12.6. The Kier molecular flexibility index (Phi) is 6.11. The number of benzene rings is 2. The number of carbonyl (C=O) groups is 1. The van der Waals surface area contributed by atoms with Gasteiger partial charge in [-0.15, -0.1) is 0 Å². The molecule has 0 heterocycles.